The van der Waals surface area contributed by atoms with Crippen molar-refractivity contribution in [3.05, 3.63) is 51.0 Å². The Kier molecular flexibility index (Phi) is 3.22. The van der Waals surface area contributed by atoms with Crippen LogP contribution >= 0.6 is 15.9 Å². The minimum Gasteiger partial charge on any atom is -0.493 e. The van der Waals surface area contributed by atoms with Crippen LogP contribution in [0.1, 0.15) is 18.4 Å². The SMILES string of the molecule is O=c1n(Cc2ccc(Br)cc2)cc(O)n1CC1CC1. The Hall–Kier alpha value is -1.49. The van der Waals surface area contributed by atoms with Gasteiger partial charge in [0.15, 0.2) is 0 Å². The molecule has 1 saturated carbocycles. The summed E-state index contributed by atoms with van der Waals surface area (Å²) in [7, 11) is 0. The third-order valence-electron chi connectivity index (χ3n) is 3.43. The second-order valence-corrected chi connectivity index (χ2v) is 5.99. The Balaban J connectivity index is 1.84. The van der Waals surface area contributed by atoms with Crippen LogP contribution < -0.4 is 5.69 Å². The van der Waals surface area contributed by atoms with Gasteiger partial charge in [-0.05, 0) is 36.5 Å². The lowest BCUT2D eigenvalue weighted by molar-refractivity contribution is 0.405. The standard InChI is InChI=1S/C14H15BrN2O2/c15-12-5-3-10(4-6-12)7-16-9-13(18)17(14(16)19)8-11-1-2-11/h3-6,9,11,18H,1-2,7-8H2. The number of aromatic hydroxyl groups is 1. The van der Waals surface area contributed by atoms with Gasteiger partial charge in [-0.2, -0.15) is 0 Å². The highest BCUT2D eigenvalue weighted by molar-refractivity contribution is 9.10. The molecule has 1 N–H and O–H groups in total. The number of aromatic nitrogens is 2. The van der Waals surface area contributed by atoms with Gasteiger partial charge in [-0.15, -0.1) is 0 Å². The number of halogens is 1. The average molecular weight is 323 g/mol. The molecule has 0 unspecified atom stereocenters. The summed E-state index contributed by atoms with van der Waals surface area (Å²) < 4.78 is 4.04. The fraction of sp³-hybridized carbons (Fsp3) is 0.357. The van der Waals surface area contributed by atoms with E-state index in [0.717, 1.165) is 22.9 Å². The molecular formula is C14H15BrN2O2. The first-order valence-corrected chi connectivity index (χ1v) is 7.16. The third kappa shape index (κ3) is 2.76. The highest BCUT2D eigenvalue weighted by Crippen LogP contribution is 2.31. The fourth-order valence-electron chi connectivity index (χ4n) is 2.15. The largest absolute Gasteiger partial charge is 0.493 e. The smallest absolute Gasteiger partial charge is 0.331 e. The summed E-state index contributed by atoms with van der Waals surface area (Å²) in [5.74, 6) is 0.626. The predicted molar refractivity (Wildman–Crippen MR) is 76.3 cm³/mol. The zero-order chi connectivity index (χ0) is 13.4. The van der Waals surface area contributed by atoms with Crippen LogP contribution in [0.15, 0.2) is 39.7 Å². The molecule has 3 rings (SSSR count). The van der Waals surface area contributed by atoms with Gasteiger partial charge in [0.25, 0.3) is 0 Å². The zero-order valence-corrected chi connectivity index (χ0v) is 12.0. The van der Waals surface area contributed by atoms with Gasteiger partial charge >= 0.3 is 5.69 Å². The lowest BCUT2D eigenvalue weighted by Gasteiger charge is -2.02. The molecule has 100 valence electrons. The topological polar surface area (TPSA) is 47.2 Å². The van der Waals surface area contributed by atoms with Crippen LogP contribution in [0.5, 0.6) is 5.88 Å². The van der Waals surface area contributed by atoms with E-state index in [0.29, 0.717) is 19.0 Å². The van der Waals surface area contributed by atoms with E-state index in [1.807, 2.05) is 24.3 Å². The van der Waals surface area contributed by atoms with Gasteiger partial charge in [0.05, 0.1) is 12.7 Å². The summed E-state index contributed by atoms with van der Waals surface area (Å²) in [6.45, 7) is 1.12. The zero-order valence-electron chi connectivity index (χ0n) is 10.4. The van der Waals surface area contributed by atoms with Gasteiger partial charge in [0.2, 0.25) is 5.88 Å². The summed E-state index contributed by atoms with van der Waals surface area (Å²) >= 11 is 3.38. The second kappa shape index (κ2) is 4.89. The molecule has 1 aliphatic carbocycles. The van der Waals surface area contributed by atoms with Crippen LogP contribution in [0.4, 0.5) is 0 Å². The molecule has 0 radical (unpaired) electrons. The van der Waals surface area contributed by atoms with Crippen molar-refractivity contribution in [3.8, 4) is 5.88 Å². The van der Waals surface area contributed by atoms with Crippen LogP contribution in [0, 0.1) is 5.92 Å². The van der Waals surface area contributed by atoms with Crippen LogP contribution in [0.25, 0.3) is 0 Å². The van der Waals surface area contributed by atoms with Crippen molar-refractivity contribution in [2.45, 2.75) is 25.9 Å². The predicted octanol–water partition coefficient (Wildman–Crippen LogP) is 2.58. The van der Waals surface area contributed by atoms with Crippen LogP contribution in [-0.2, 0) is 13.1 Å². The number of hydrogen-bond acceptors (Lipinski definition) is 2. The lowest BCUT2D eigenvalue weighted by atomic mass is 10.2. The molecule has 0 saturated heterocycles. The normalized spacial score (nSPS) is 14.8. The van der Waals surface area contributed by atoms with Crippen molar-refractivity contribution < 1.29 is 5.11 Å². The molecule has 5 heteroatoms. The van der Waals surface area contributed by atoms with Gasteiger partial charge in [-0.25, -0.2) is 4.79 Å². The molecule has 0 aliphatic heterocycles. The third-order valence-corrected chi connectivity index (χ3v) is 3.96. The Morgan fingerprint density at radius 3 is 2.58 bits per heavy atom. The molecule has 0 atom stereocenters. The molecule has 0 spiro atoms. The first-order valence-electron chi connectivity index (χ1n) is 6.37. The van der Waals surface area contributed by atoms with E-state index < -0.39 is 0 Å². The number of imidazole rings is 1. The molecule has 2 aromatic rings. The Bertz CT molecular complexity index is 638. The molecule has 1 aromatic heterocycles. The molecule has 4 nitrogen and oxygen atoms in total. The van der Waals surface area contributed by atoms with Crippen molar-refractivity contribution in [1.29, 1.82) is 0 Å². The van der Waals surface area contributed by atoms with Crippen molar-refractivity contribution in [2.24, 2.45) is 5.92 Å². The number of benzene rings is 1. The van der Waals surface area contributed by atoms with Crippen LogP contribution in [-0.4, -0.2) is 14.2 Å². The van der Waals surface area contributed by atoms with Crippen LogP contribution in [0.3, 0.4) is 0 Å². The highest BCUT2D eigenvalue weighted by Gasteiger charge is 2.24. The van der Waals surface area contributed by atoms with E-state index in [-0.39, 0.29) is 11.6 Å². The molecule has 1 aromatic carbocycles. The molecule has 0 amide bonds. The molecule has 1 heterocycles. The first kappa shape index (κ1) is 12.5. The Morgan fingerprint density at radius 2 is 1.95 bits per heavy atom. The fourth-order valence-corrected chi connectivity index (χ4v) is 2.41. The highest BCUT2D eigenvalue weighted by atomic mass is 79.9. The van der Waals surface area contributed by atoms with Gasteiger partial charge in [-0.3, -0.25) is 9.13 Å². The summed E-state index contributed by atoms with van der Waals surface area (Å²) in [5.41, 5.74) is 0.904. The van der Waals surface area contributed by atoms with Gasteiger partial charge < -0.3 is 5.11 Å². The van der Waals surface area contributed by atoms with Crippen molar-refractivity contribution >= 4 is 15.9 Å². The number of nitrogens with zero attached hydrogens (tertiary/aromatic N) is 2. The maximum atomic E-state index is 12.2. The number of rotatable bonds is 4. The summed E-state index contributed by atoms with van der Waals surface area (Å²) in [6, 6.07) is 7.82. The average Bonchev–Trinajstić information content (AvgIpc) is 3.16. The van der Waals surface area contributed by atoms with Gasteiger partial charge in [0, 0.05) is 11.0 Å². The number of hydrogen-bond donors (Lipinski definition) is 1. The lowest BCUT2D eigenvalue weighted by Crippen LogP contribution is -2.25. The minimum atomic E-state index is -0.132. The van der Waals surface area contributed by atoms with E-state index >= 15 is 0 Å². The Morgan fingerprint density at radius 1 is 1.26 bits per heavy atom. The molecular weight excluding hydrogens is 308 g/mol. The van der Waals surface area contributed by atoms with E-state index in [1.54, 1.807) is 4.57 Å². The quantitative estimate of drug-likeness (QED) is 0.940. The molecule has 1 fully saturated rings. The summed E-state index contributed by atoms with van der Waals surface area (Å²) in [6.07, 6.45) is 3.83. The van der Waals surface area contributed by atoms with Crippen molar-refractivity contribution in [2.75, 3.05) is 0 Å². The van der Waals surface area contributed by atoms with Crippen molar-refractivity contribution in [3.63, 3.8) is 0 Å². The monoisotopic (exact) mass is 322 g/mol. The summed E-state index contributed by atoms with van der Waals surface area (Å²) in [4.78, 5) is 12.2. The first-order chi connectivity index (χ1) is 9.13. The molecule has 1 aliphatic rings. The minimum absolute atomic E-state index is 0.0639. The van der Waals surface area contributed by atoms with E-state index in [4.69, 9.17) is 0 Å². The van der Waals surface area contributed by atoms with Crippen LogP contribution in [0.2, 0.25) is 0 Å². The Labute approximate surface area is 119 Å². The summed E-state index contributed by atoms with van der Waals surface area (Å²) in [5, 5.41) is 9.85. The maximum absolute atomic E-state index is 12.2. The van der Waals surface area contributed by atoms with E-state index in [1.165, 1.54) is 10.8 Å². The van der Waals surface area contributed by atoms with Gasteiger partial charge in [-0.1, -0.05) is 28.1 Å². The molecule has 0 bridgehead atoms. The van der Waals surface area contributed by atoms with Crippen molar-refractivity contribution in [1.82, 2.24) is 9.13 Å². The second-order valence-electron chi connectivity index (χ2n) is 5.08. The van der Waals surface area contributed by atoms with Gasteiger partial charge in [0.1, 0.15) is 0 Å². The molecule has 19 heavy (non-hydrogen) atoms. The maximum Gasteiger partial charge on any atom is 0.331 e. The van der Waals surface area contributed by atoms with E-state index in [9.17, 15) is 9.90 Å². The van der Waals surface area contributed by atoms with E-state index in [2.05, 4.69) is 15.9 Å².